The smallest absolute Gasteiger partial charge is 0.326 e. The molecule has 6 heteroatoms. The maximum Gasteiger partial charge on any atom is 0.326 e. The molecule has 1 saturated heterocycles. The number of rotatable bonds is 5. The zero-order valence-electron chi connectivity index (χ0n) is 11.7. The molecule has 21 heavy (non-hydrogen) atoms. The van der Waals surface area contributed by atoms with Crippen molar-refractivity contribution in [1.29, 1.82) is 0 Å². The van der Waals surface area contributed by atoms with E-state index < -0.39 is 30.1 Å². The Bertz CT molecular complexity index is 506. The van der Waals surface area contributed by atoms with Crippen molar-refractivity contribution in [2.45, 2.75) is 37.5 Å². The molecular formula is C15H20N2O4. The molecule has 1 aliphatic rings. The molecule has 0 saturated carbocycles. The van der Waals surface area contributed by atoms with E-state index in [-0.39, 0.29) is 0 Å². The van der Waals surface area contributed by atoms with Gasteiger partial charge in [-0.3, -0.25) is 4.79 Å². The molecule has 1 amide bonds. The summed E-state index contributed by atoms with van der Waals surface area (Å²) in [5.74, 6) is -1.63. The van der Waals surface area contributed by atoms with Gasteiger partial charge in [-0.1, -0.05) is 30.3 Å². The predicted molar refractivity (Wildman–Crippen MR) is 76.5 cm³/mol. The summed E-state index contributed by atoms with van der Waals surface area (Å²) >= 11 is 0. The molecule has 0 aromatic heterocycles. The number of aliphatic hydroxyl groups excluding tert-OH is 1. The maximum absolute atomic E-state index is 12.2. The third kappa shape index (κ3) is 3.59. The fraction of sp³-hybridized carbons (Fsp3) is 0.467. The average Bonchev–Trinajstić information content (AvgIpc) is 2.96. The van der Waals surface area contributed by atoms with Gasteiger partial charge < -0.3 is 20.8 Å². The van der Waals surface area contributed by atoms with Crippen LogP contribution in [0.3, 0.4) is 0 Å². The number of carboxylic acid groups (broad SMARTS) is 1. The zero-order chi connectivity index (χ0) is 15.4. The molecule has 0 aliphatic carbocycles. The van der Waals surface area contributed by atoms with Crippen LogP contribution in [0.5, 0.6) is 0 Å². The van der Waals surface area contributed by atoms with Crippen molar-refractivity contribution in [1.82, 2.24) is 4.90 Å². The minimum atomic E-state index is -1.38. The monoisotopic (exact) mass is 292 g/mol. The highest BCUT2D eigenvalue weighted by Crippen LogP contribution is 2.19. The SMILES string of the molecule is N[C@H](Cc1ccccc1)[C@H](O)C(=O)N1CCC[C@H]1C(=O)O. The van der Waals surface area contributed by atoms with Gasteiger partial charge in [0.05, 0.1) is 0 Å². The van der Waals surface area contributed by atoms with Gasteiger partial charge in [-0.25, -0.2) is 4.79 Å². The lowest BCUT2D eigenvalue weighted by atomic mass is 10.0. The van der Waals surface area contributed by atoms with E-state index in [1.165, 1.54) is 4.90 Å². The molecule has 0 radical (unpaired) electrons. The lowest BCUT2D eigenvalue weighted by molar-refractivity contribution is -0.152. The van der Waals surface area contributed by atoms with Gasteiger partial charge >= 0.3 is 5.97 Å². The van der Waals surface area contributed by atoms with Crippen molar-refractivity contribution in [2.75, 3.05) is 6.54 Å². The van der Waals surface area contributed by atoms with Crippen LogP contribution in [0.15, 0.2) is 30.3 Å². The molecule has 0 unspecified atom stereocenters. The third-order valence-electron chi connectivity index (χ3n) is 3.79. The van der Waals surface area contributed by atoms with E-state index in [0.29, 0.717) is 25.8 Å². The fourth-order valence-electron chi connectivity index (χ4n) is 2.64. The number of aliphatic carboxylic acids is 1. The van der Waals surface area contributed by atoms with Gasteiger partial charge in [-0.15, -0.1) is 0 Å². The summed E-state index contributed by atoms with van der Waals surface area (Å²) in [5, 5.41) is 19.2. The van der Waals surface area contributed by atoms with E-state index in [4.69, 9.17) is 10.8 Å². The molecule has 114 valence electrons. The summed E-state index contributed by atoms with van der Waals surface area (Å²) < 4.78 is 0. The molecule has 1 fully saturated rings. The fourth-order valence-corrected chi connectivity index (χ4v) is 2.64. The highest BCUT2D eigenvalue weighted by Gasteiger charge is 2.38. The molecule has 1 heterocycles. The molecular weight excluding hydrogens is 272 g/mol. The number of benzene rings is 1. The van der Waals surface area contributed by atoms with Crippen molar-refractivity contribution in [2.24, 2.45) is 5.73 Å². The number of carbonyl (C=O) groups excluding carboxylic acids is 1. The van der Waals surface area contributed by atoms with Crippen molar-refractivity contribution < 1.29 is 19.8 Å². The molecule has 6 nitrogen and oxygen atoms in total. The third-order valence-corrected chi connectivity index (χ3v) is 3.79. The van der Waals surface area contributed by atoms with Crippen LogP contribution in [0.25, 0.3) is 0 Å². The normalized spacial score (nSPS) is 21.0. The van der Waals surface area contributed by atoms with Gasteiger partial charge in [-0.2, -0.15) is 0 Å². The largest absolute Gasteiger partial charge is 0.480 e. The van der Waals surface area contributed by atoms with Crippen molar-refractivity contribution >= 4 is 11.9 Å². The highest BCUT2D eigenvalue weighted by molar-refractivity contribution is 5.87. The number of carbonyl (C=O) groups is 2. The zero-order valence-corrected chi connectivity index (χ0v) is 11.7. The van der Waals surface area contributed by atoms with Gasteiger partial charge in [0.1, 0.15) is 12.1 Å². The number of likely N-dealkylation sites (tertiary alicyclic amines) is 1. The number of amides is 1. The Kier molecular flexibility index (Phi) is 4.93. The number of hydrogen-bond donors (Lipinski definition) is 3. The average molecular weight is 292 g/mol. The van der Waals surface area contributed by atoms with Crippen LogP contribution in [-0.4, -0.2) is 51.7 Å². The number of carboxylic acids is 1. The minimum absolute atomic E-state index is 0.352. The summed E-state index contributed by atoms with van der Waals surface area (Å²) in [5.41, 5.74) is 6.82. The Labute approximate surface area is 123 Å². The number of hydrogen-bond acceptors (Lipinski definition) is 4. The van der Waals surface area contributed by atoms with Crippen LogP contribution in [0, 0.1) is 0 Å². The van der Waals surface area contributed by atoms with E-state index in [2.05, 4.69) is 0 Å². The lowest BCUT2D eigenvalue weighted by Gasteiger charge is -2.27. The molecule has 1 aromatic rings. The Hall–Kier alpha value is -1.92. The molecule has 0 spiro atoms. The Morgan fingerprint density at radius 3 is 2.62 bits per heavy atom. The second kappa shape index (κ2) is 6.69. The van der Waals surface area contributed by atoms with Gasteiger partial charge in [0.25, 0.3) is 5.91 Å². The second-order valence-corrected chi connectivity index (χ2v) is 5.33. The van der Waals surface area contributed by atoms with Crippen molar-refractivity contribution in [3.8, 4) is 0 Å². The second-order valence-electron chi connectivity index (χ2n) is 5.33. The number of nitrogens with zero attached hydrogens (tertiary/aromatic N) is 1. The molecule has 0 bridgehead atoms. The first-order chi connectivity index (χ1) is 10.0. The van der Waals surface area contributed by atoms with Crippen LogP contribution >= 0.6 is 0 Å². The highest BCUT2D eigenvalue weighted by atomic mass is 16.4. The summed E-state index contributed by atoms with van der Waals surface area (Å²) in [6.45, 7) is 0.352. The van der Waals surface area contributed by atoms with Crippen molar-refractivity contribution in [3.05, 3.63) is 35.9 Å². The molecule has 1 aliphatic heterocycles. The lowest BCUT2D eigenvalue weighted by Crippen LogP contribution is -2.52. The van der Waals surface area contributed by atoms with E-state index in [0.717, 1.165) is 5.56 Å². The molecule has 3 atom stereocenters. The number of nitrogens with two attached hydrogens (primary N) is 1. The van der Waals surface area contributed by atoms with Crippen LogP contribution in [0.4, 0.5) is 0 Å². The topological polar surface area (TPSA) is 104 Å². The maximum atomic E-state index is 12.2. The first kappa shape index (κ1) is 15.5. The molecule has 1 aromatic carbocycles. The van der Waals surface area contributed by atoms with E-state index >= 15 is 0 Å². The van der Waals surface area contributed by atoms with Crippen molar-refractivity contribution in [3.63, 3.8) is 0 Å². The summed E-state index contributed by atoms with van der Waals surface area (Å²) in [7, 11) is 0. The standard InChI is InChI=1S/C15H20N2O4/c16-11(9-10-5-2-1-3-6-10)13(18)14(19)17-8-4-7-12(17)15(20)21/h1-3,5-6,11-13,18H,4,7-9,16H2,(H,20,21)/t11-,12+,13+/m1/s1. The summed E-state index contributed by atoms with van der Waals surface area (Å²) in [4.78, 5) is 24.5. The molecule has 2 rings (SSSR count). The Morgan fingerprint density at radius 1 is 1.33 bits per heavy atom. The quantitative estimate of drug-likeness (QED) is 0.708. The van der Waals surface area contributed by atoms with Gasteiger partial charge in [0, 0.05) is 12.6 Å². The predicted octanol–water partition coefficient (Wildman–Crippen LogP) is -0.00710. The van der Waals surface area contributed by atoms with Gasteiger partial charge in [0.15, 0.2) is 0 Å². The first-order valence-corrected chi connectivity index (χ1v) is 7.01. The van der Waals surface area contributed by atoms with Crippen LogP contribution in [-0.2, 0) is 16.0 Å². The van der Waals surface area contributed by atoms with E-state index in [9.17, 15) is 14.7 Å². The van der Waals surface area contributed by atoms with Crippen LogP contribution < -0.4 is 5.73 Å². The number of aliphatic hydroxyl groups is 1. The van der Waals surface area contributed by atoms with Crippen LogP contribution in [0.2, 0.25) is 0 Å². The van der Waals surface area contributed by atoms with Gasteiger partial charge in [-0.05, 0) is 24.8 Å². The van der Waals surface area contributed by atoms with Gasteiger partial charge in [0.2, 0.25) is 0 Å². The Balaban J connectivity index is 2.00. The Morgan fingerprint density at radius 2 is 2.00 bits per heavy atom. The van der Waals surface area contributed by atoms with E-state index in [1.807, 2.05) is 30.3 Å². The summed E-state index contributed by atoms with van der Waals surface area (Å²) in [6.07, 6.45) is 0.0230. The molecule has 4 N–H and O–H groups in total. The van der Waals surface area contributed by atoms with E-state index in [1.54, 1.807) is 0 Å². The van der Waals surface area contributed by atoms with Crippen LogP contribution in [0.1, 0.15) is 18.4 Å². The minimum Gasteiger partial charge on any atom is -0.480 e. The first-order valence-electron chi connectivity index (χ1n) is 7.01. The summed E-state index contributed by atoms with van der Waals surface area (Å²) in [6, 6.07) is 7.72.